The minimum atomic E-state index is -0.642. The zero-order valence-electron chi connectivity index (χ0n) is 13.4. The minimum Gasteiger partial charge on any atom is -0.350 e. The van der Waals surface area contributed by atoms with Gasteiger partial charge in [-0.3, -0.25) is 19.5 Å². The van der Waals surface area contributed by atoms with Crippen molar-refractivity contribution in [1.29, 1.82) is 0 Å². The molecule has 0 aliphatic rings. The molecule has 6 nitrogen and oxygen atoms in total. The molecule has 0 saturated heterocycles. The molecular formula is C18H11BrClN3O3. The summed E-state index contributed by atoms with van der Waals surface area (Å²) in [6, 6.07) is 10.0. The molecule has 2 heterocycles. The van der Waals surface area contributed by atoms with Crippen molar-refractivity contribution in [3.8, 4) is 5.69 Å². The van der Waals surface area contributed by atoms with Crippen LogP contribution in [0.1, 0.15) is 5.56 Å². The van der Waals surface area contributed by atoms with Gasteiger partial charge in [-0.15, -0.1) is 0 Å². The quantitative estimate of drug-likeness (QED) is 0.453. The number of aromatic nitrogens is 3. The lowest BCUT2D eigenvalue weighted by molar-refractivity contribution is 0.799. The van der Waals surface area contributed by atoms with E-state index < -0.39 is 16.5 Å². The van der Waals surface area contributed by atoms with Crippen LogP contribution in [0.25, 0.3) is 27.5 Å². The molecule has 8 heteroatoms. The Morgan fingerprint density at radius 3 is 2.58 bits per heavy atom. The number of pyridine rings is 1. The molecule has 0 amide bonds. The number of hydrogen-bond donors (Lipinski definition) is 2. The molecule has 4 rings (SSSR count). The predicted molar refractivity (Wildman–Crippen MR) is 106 cm³/mol. The molecule has 2 aromatic carbocycles. The normalized spacial score (nSPS) is 11.3. The Labute approximate surface area is 159 Å². The molecule has 0 radical (unpaired) electrons. The standard InChI is InChI=1S/C18H11BrClN3O3/c1-8-2-5-13(11(20)6-8)23-18(26)14-15(17(25)22-23)21-12-7-9(19)3-4-10(12)16(14)24/h2-7H,1H3,(H,21,24)(H,22,25). The summed E-state index contributed by atoms with van der Waals surface area (Å²) in [5.41, 5.74) is -0.125. The summed E-state index contributed by atoms with van der Waals surface area (Å²) in [5.74, 6) is 0. The summed E-state index contributed by atoms with van der Waals surface area (Å²) in [7, 11) is 0. The number of benzene rings is 2. The molecular weight excluding hydrogens is 422 g/mol. The fourth-order valence-electron chi connectivity index (χ4n) is 2.92. The van der Waals surface area contributed by atoms with E-state index in [-0.39, 0.29) is 10.9 Å². The Morgan fingerprint density at radius 2 is 1.85 bits per heavy atom. The Bertz CT molecular complexity index is 1390. The molecule has 0 saturated carbocycles. The van der Waals surface area contributed by atoms with Crippen molar-refractivity contribution in [2.75, 3.05) is 0 Å². The fourth-order valence-corrected chi connectivity index (χ4v) is 3.60. The Morgan fingerprint density at radius 1 is 1.08 bits per heavy atom. The third kappa shape index (κ3) is 2.51. The van der Waals surface area contributed by atoms with Gasteiger partial charge in [-0.25, -0.2) is 4.68 Å². The zero-order chi connectivity index (χ0) is 18.6. The van der Waals surface area contributed by atoms with E-state index in [0.717, 1.165) is 14.7 Å². The van der Waals surface area contributed by atoms with Gasteiger partial charge in [0.2, 0.25) is 5.43 Å². The molecule has 4 aromatic rings. The minimum absolute atomic E-state index is 0.0647. The van der Waals surface area contributed by atoms with Crippen LogP contribution in [-0.2, 0) is 0 Å². The van der Waals surface area contributed by atoms with Crippen LogP contribution in [0, 0.1) is 6.92 Å². The lowest BCUT2D eigenvalue weighted by Gasteiger charge is -2.10. The Kier molecular flexibility index (Phi) is 3.86. The van der Waals surface area contributed by atoms with Crippen LogP contribution >= 0.6 is 27.5 Å². The molecule has 0 aliphatic heterocycles. The van der Waals surface area contributed by atoms with Gasteiger partial charge in [0.1, 0.15) is 10.9 Å². The highest BCUT2D eigenvalue weighted by molar-refractivity contribution is 9.10. The highest BCUT2D eigenvalue weighted by atomic mass is 79.9. The number of hydrogen-bond acceptors (Lipinski definition) is 3. The van der Waals surface area contributed by atoms with Crippen LogP contribution in [0.5, 0.6) is 0 Å². The summed E-state index contributed by atoms with van der Waals surface area (Å²) >= 11 is 9.54. The maximum atomic E-state index is 13.0. The average Bonchev–Trinajstić information content (AvgIpc) is 2.58. The summed E-state index contributed by atoms with van der Waals surface area (Å²) in [4.78, 5) is 41.2. The van der Waals surface area contributed by atoms with Gasteiger partial charge in [0, 0.05) is 9.86 Å². The van der Waals surface area contributed by atoms with Crippen LogP contribution < -0.4 is 16.5 Å². The summed E-state index contributed by atoms with van der Waals surface area (Å²) < 4.78 is 1.75. The van der Waals surface area contributed by atoms with Crippen LogP contribution in [0.15, 0.2) is 55.3 Å². The summed E-state index contributed by atoms with van der Waals surface area (Å²) in [6.07, 6.45) is 0. The van der Waals surface area contributed by atoms with Crippen molar-refractivity contribution in [2.45, 2.75) is 6.92 Å². The van der Waals surface area contributed by atoms with Gasteiger partial charge < -0.3 is 4.98 Å². The van der Waals surface area contributed by atoms with E-state index in [1.807, 2.05) is 6.92 Å². The monoisotopic (exact) mass is 431 g/mol. The molecule has 130 valence electrons. The van der Waals surface area contributed by atoms with E-state index in [1.165, 1.54) is 0 Å². The van der Waals surface area contributed by atoms with Gasteiger partial charge in [-0.1, -0.05) is 33.6 Å². The number of rotatable bonds is 1. The van der Waals surface area contributed by atoms with Crippen LogP contribution in [0.4, 0.5) is 0 Å². The van der Waals surface area contributed by atoms with Gasteiger partial charge in [0.15, 0.2) is 0 Å². The van der Waals surface area contributed by atoms with E-state index in [4.69, 9.17) is 11.6 Å². The van der Waals surface area contributed by atoms with E-state index in [2.05, 4.69) is 26.0 Å². The van der Waals surface area contributed by atoms with Crippen LogP contribution in [-0.4, -0.2) is 14.8 Å². The number of halogens is 2. The van der Waals surface area contributed by atoms with Gasteiger partial charge >= 0.3 is 0 Å². The van der Waals surface area contributed by atoms with Crippen molar-refractivity contribution in [3.05, 3.63) is 82.4 Å². The predicted octanol–water partition coefficient (Wildman–Crippen LogP) is 3.24. The van der Waals surface area contributed by atoms with Crippen molar-refractivity contribution < 1.29 is 0 Å². The lowest BCUT2D eigenvalue weighted by atomic mass is 10.1. The average molecular weight is 433 g/mol. The molecule has 0 fully saturated rings. The Hall–Kier alpha value is -2.64. The largest absolute Gasteiger partial charge is 0.350 e. The second kappa shape index (κ2) is 5.96. The van der Waals surface area contributed by atoms with Gasteiger partial charge in [-0.05, 0) is 42.8 Å². The van der Waals surface area contributed by atoms with Gasteiger partial charge in [-0.2, -0.15) is 0 Å². The first kappa shape index (κ1) is 16.8. The molecule has 0 bridgehead atoms. The molecule has 0 unspecified atom stereocenters. The maximum absolute atomic E-state index is 13.0. The smallest absolute Gasteiger partial charge is 0.287 e. The van der Waals surface area contributed by atoms with Crippen molar-refractivity contribution in [2.24, 2.45) is 0 Å². The first-order chi connectivity index (χ1) is 12.4. The lowest BCUT2D eigenvalue weighted by Crippen LogP contribution is -2.32. The number of aromatic amines is 2. The van der Waals surface area contributed by atoms with E-state index in [1.54, 1.807) is 36.4 Å². The second-order valence-electron chi connectivity index (χ2n) is 5.93. The highest BCUT2D eigenvalue weighted by Crippen LogP contribution is 2.20. The summed E-state index contributed by atoms with van der Waals surface area (Å²) in [5, 5.41) is 2.89. The van der Waals surface area contributed by atoms with Gasteiger partial charge in [0.05, 0.1) is 16.2 Å². The Balaban J connectivity index is 2.18. The van der Waals surface area contributed by atoms with E-state index in [9.17, 15) is 14.4 Å². The first-order valence-electron chi connectivity index (χ1n) is 7.64. The first-order valence-corrected chi connectivity index (χ1v) is 8.81. The SMILES string of the molecule is Cc1ccc(-n2[nH]c(=O)c3[nH]c4cc(Br)ccc4c(=O)c3c2=O)c(Cl)c1. The van der Waals surface area contributed by atoms with Crippen molar-refractivity contribution in [3.63, 3.8) is 0 Å². The highest BCUT2D eigenvalue weighted by Gasteiger charge is 2.16. The third-order valence-electron chi connectivity index (χ3n) is 4.16. The molecule has 2 aromatic heterocycles. The third-order valence-corrected chi connectivity index (χ3v) is 4.96. The molecule has 0 spiro atoms. The number of aryl methyl sites for hydroxylation is 1. The van der Waals surface area contributed by atoms with Crippen LogP contribution in [0.3, 0.4) is 0 Å². The second-order valence-corrected chi connectivity index (χ2v) is 7.25. The maximum Gasteiger partial charge on any atom is 0.287 e. The topological polar surface area (TPSA) is 87.7 Å². The molecule has 2 N–H and O–H groups in total. The number of nitrogens with one attached hydrogen (secondary N) is 2. The van der Waals surface area contributed by atoms with Crippen LogP contribution in [0.2, 0.25) is 5.02 Å². The van der Waals surface area contributed by atoms with E-state index >= 15 is 0 Å². The van der Waals surface area contributed by atoms with Crippen molar-refractivity contribution >= 4 is 49.3 Å². The zero-order valence-corrected chi connectivity index (χ0v) is 15.7. The van der Waals surface area contributed by atoms with Crippen molar-refractivity contribution in [1.82, 2.24) is 14.8 Å². The number of H-pyrrole nitrogens is 2. The molecule has 0 atom stereocenters. The van der Waals surface area contributed by atoms with Gasteiger partial charge in [0.25, 0.3) is 11.1 Å². The molecule has 26 heavy (non-hydrogen) atoms. The fraction of sp³-hybridized carbons (Fsp3) is 0.0556. The number of fused-ring (bicyclic) bond motifs is 2. The summed E-state index contributed by atoms with van der Waals surface area (Å²) in [6.45, 7) is 1.86. The van der Waals surface area contributed by atoms with E-state index in [0.29, 0.717) is 21.6 Å². The number of nitrogens with zero attached hydrogens (tertiary/aromatic N) is 1. The molecule has 0 aliphatic carbocycles.